The van der Waals surface area contributed by atoms with Gasteiger partial charge in [-0.15, -0.1) is 0 Å². The van der Waals surface area contributed by atoms with Crippen molar-refractivity contribution in [3.05, 3.63) is 24.3 Å². The molecule has 130 valence electrons. The molecule has 3 rings (SSSR count). The van der Waals surface area contributed by atoms with Gasteiger partial charge in [0, 0.05) is 19.6 Å². The average molecular weight is 346 g/mol. The molecule has 1 saturated carbocycles. The molecule has 1 fully saturated rings. The summed E-state index contributed by atoms with van der Waals surface area (Å²) in [6, 6.07) is 8.54. The van der Waals surface area contributed by atoms with Crippen LogP contribution in [0.25, 0.3) is 11.0 Å². The highest BCUT2D eigenvalue weighted by molar-refractivity contribution is 8.00. The fraction of sp³-hybridized carbons (Fsp3) is 0.579. The minimum atomic E-state index is -0.109. The predicted molar refractivity (Wildman–Crippen MR) is 100 cm³/mol. The van der Waals surface area contributed by atoms with E-state index in [4.69, 9.17) is 0 Å². The molecular formula is C19H27N3OS. The third-order valence-corrected chi connectivity index (χ3v) is 6.15. The smallest absolute Gasteiger partial charge is 0.236 e. The molecule has 0 aliphatic heterocycles. The van der Waals surface area contributed by atoms with E-state index < -0.39 is 0 Å². The van der Waals surface area contributed by atoms with Crippen LogP contribution in [0.1, 0.15) is 46.0 Å². The first-order chi connectivity index (χ1) is 11.6. The van der Waals surface area contributed by atoms with Crippen molar-refractivity contribution in [2.45, 2.75) is 62.4 Å². The van der Waals surface area contributed by atoms with Gasteiger partial charge in [0.1, 0.15) is 0 Å². The zero-order valence-electron chi connectivity index (χ0n) is 14.9. The Hall–Kier alpha value is -1.49. The summed E-state index contributed by atoms with van der Waals surface area (Å²) in [7, 11) is 2.02. The van der Waals surface area contributed by atoms with Crippen molar-refractivity contribution in [3.8, 4) is 0 Å². The Bertz CT molecular complexity index is 706. The second kappa shape index (κ2) is 7.60. The molecule has 4 nitrogen and oxygen atoms in total. The number of para-hydroxylation sites is 2. The van der Waals surface area contributed by atoms with Gasteiger partial charge in [-0.25, -0.2) is 4.98 Å². The summed E-state index contributed by atoms with van der Waals surface area (Å²) in [4.78, 5) is 19.8. The summed E-state index contributed by atoms with van der Waals surface area (Å²) >= 11 is 1.57. The second-order valence-corrected chi connectivity index (χ2v) is 7.93. The Labute approximate surface area is 148 Å². The number of nitrogens with zero attached hydrogens (tertiary/aromatic N) is 3. The van der Waals surface area contributed by atoms with E-state index in [1.807, 2.05) is 32.2 Å². The highest BCUT2D eigenvalue weighted by atomic mass is 32.2. The van der Waals surface area contributed by atoms with Crippen LogP contribution in [0.15, 0.2) is 29.4 Å². The maximum Gasteiger partial charge on any atom is 0.236 e. The number of thioether (sulfide) groups is 1. The Morgan fingerprint density at radius 3 is 2.71 bits per heavy atom. The Morgan fingerprint density at radius 2 is 2.04 bits per heavy atom. The van der Waals surface area contributed by atoms with E-state index in [1.54, 1.807) is 11.8 Å². The molecule has 24 heavy (non-hydrogen) atoms. The largest absolute Gasteiger partial charge is 0.339 e. The zero-order valence-corrected chi connectivity index (χ0v) is 15.7. The molecule has 1 aliphatic rings. The summed E-state index contributed by atoms with van der Waals surface area (Å²) in [5, 5.41) is 0.805. The van der Waals surface area contributed by atoms with Crippen molar-refractivity contribution in [1.29, 1.82) is 0 Å². The van der Waals surface area contributed by atoms with Crippen LogP contribution in [0.2, 0.25) is 0 Å². The number of hydrogen-bond donors (Lipinski definition) is 0. The fourth-order valence-corrected chi connectivity index (χ4v) is 4.62. The SMILES string of the molecule is CCN(C(=O)C(C)Sc1nc2ccccc2n1C)C1CCCCC1. The van der Waals surface area contributed by atoms with E-state index in [-0.39, 0.29) is 11.2 Å². The maximum absolute atomic E-state index is 13.0. The van der Waals surface area contributed by atoms with Crippen molar-refractivity contribution < 1.29 is 4.79 Å². The first-order valence-corrected chi connectivity index (χ1v) is 9.88. The van der Waals surface area contributed by atoms with Gasteiger partial charge in [-0.05, 0) is 38.8 Å². The van der Waals surface area contributed by atoms with Crippen LogP contribution in [-0.2, 0) is 11.8 Å². The fourth-order valence-electron chi connectivity index (χ4n) is 3.66. The van der Waals surface area contributed by atoms with Gasteiger partial charge in [-0.1, -0.05) is 43.2 Å². The van der Waals surface area contributed by atoms with Crippen molar-refractivity contribution in [2.24, 2.45) is 7.05 Å². The highest BCUT2D eigenvalue weighted by Gasteiger charge is 2.28. The van der Waals surface area contributed by atoms with Crippen LogP contribution in [0.5, 0.6) is 0 Å². The highest BCUT2D eigenvalue weighted by Crippen LogP contribution is 2.29. The molecule has 0 bridgehead atoms. The van der Waals surface area contributed by atoms with E-state index in [2.05, 4.69) is 27.4 Å². The van der Waals surface area contributed by atoms with Gasteiger partial charge in [0.25, 0.3) is 0 Å². The van der Waals surface area contributed by atoms with E-state index in [0.717, 1.165) is 35.6 Å². The third-order valence-electron chi connectivity index (χ3n) is 5.02. The van der Waals surface area contributed by atoms with E-state index in [9.17, 15) is 4.79 Å². The minimum absolute atomic E-state index is 0.109. The number of amides is 1. The molecule has 0 radical (unpaired) electrons. The molecule has 0 N–H and O–H groups in total. The van der Waals surface area contributed by atoms with Gasteiger partial charge in [0.15, 0.2) is 5.16 Å². The monoisotopic (exact) mass is 345 g/mol. The molecule has 0 saturated heterocycles. The summed E-state index contributed by atoms with van der Waals surface area (Å²) in [6.07, 6.45) is 6.13. The molecule has 1 aliphatic carbocycles. The van der Waals surface area contributed by atoms with Gasteiger partial charge in [0.05, 0.1) is 16.3 Å². The number of hydrogen-bond acceptors (Lipinski definition) is 3. The molecule has 1 atom stereocenters. The first kappa shape index (κ1) is 17.3. The quantitative estimate of drug-likeness (QED) is 0.761. The van der Waals surface area contributed by atoms with Gasteiger partial charge < -0.3 is 9.47 Å². The number of benzene rings is 1. The number of aryl methyl sites for hydroxylation is 1. The minimum Gasteiger partial charge on any atom is -0.339 e. The van der Waals surface area contributed by atoms with Gasteiger partial charge >= 0.3 is 0 Å². The van der Waals surface area contributed by atoms with Crippen molar-refractivity contribution >= 4 is 28.7 Å². The Morgan fingerprint density at radius 1 is 1.33 bits per heavy atom. The number of imidazole rings is 1. The third kappa shape index (κ3) is 3.46. The van der Waals surface area contributed by atoms with Gasteiger partial charge in [-0.3, -0.25) is 4.79 Å². The van der Waals surface area contributed by atoms with Crippen molar-refractivity contribution in [2.75, 3.05) is 6.54 Å². The molecule has 5 heteroatoms. The van der Waals surface area contributed by atoms with Crippen LogP contribution in [0.3, 0.4) is 0 Å². The summed E-state index contributed by atoms with van der Waals surface area (Å²) in [5.74, 6) is 0.251. The van der Waals surface area contributed by atoms with Crippen LogP contribution in [0, 0.1) is 0 Å². The van der Waals surface area contributed by atoms with Crippen molar-refractivity contribution in [1.82, 2.24) is 14.5 Å². The molecule has 0 spiro atoms. The predicted octanol–water partition coefficient (Wildman–Crippen LogP) is 4.24. The lowest BCUT2D eigenvalue weighted by Crippen LogP contribution is -2.44. The lowest BCUT2D eigenvalue weighted by atomic mass is 9.94. The van der Waals surface area contributed by atoms with Crippen LogP contribution in [0.4, 0.5) is 0 Å². The first-order valence-electron chi connectivity index (χ1n) is 9.00. The molecule has 1 aromatic carbocycles. The van der Waals surface area contributed by atoms with E-state index in [1.165, 1.54) is 19.3 Å². The molecule has 1 amide bonds. The van der Waals surface area contributed by atoms with Crippen molar-refractivity contribution in [3.63, 3.8) is 0 Å². The average Bonchev–Trinajstić information content (AvgIpc) is 2.92. The lowest BCUT2D eigenvalue weighted by Gasteiger charge is -2.35. The number of aromatic nitrogens is 2. The number of carbonyl (C=O) groups excluding carboxylic acids is 1. The normalized spacial score (nSPS) is 17.1. The topological polar surface area (TPSA) is 38.1 Å². The van der Waals surface area contributed by atoms with E-state index >= 15 is 0 Å². The Kier molecular flexibility index (Phi) is 5.49. The number of carbonyl (C=O) groups is 1. The summed E-state index contributed by atoms with van der Waals surface area (Å²) < 4.78 is 2.08. The van der Waals surface area contributed by atoms with Gasteiger partial charge in [-0.2, -0.15) is 0 Å². The van der Waals surface area contributed by atoms with Crippen LogP contribution >= 0.6 is 11.8 Å². The molecule has 1 aromatic heterocycles. The number of rotatable bonds is 5. The van der Waals surface area contributed by atoms with Crippen LogP contribution < -0.4 is 0 Å². The standard InChI is InChI=1S/C19H27N3OS/c1-4-22(15-10-6-5-7-11-15)18(23)14(2)24-19-20-16-12-8-9-13-17(16)21(19)3/h8-9,12-15H,4-7,10-11H2,1-3H3. The van der Waals surface area contributed by atoms with Crippen LogP contribution in [-0.4, -0.2) is 38.2 Å². The molecule has 2 aromatic rings. The Balaban J connectivity index is 1.73. The van der Waals surface area contributed by atoms with Gasteiger partial charge in [0.2, 0.25) is 5.91 Å². The molecular weight excluding hydrogens is 318 g/mol. The number of fused-ring (bicyclic) bond motifs is 1. The van der Waals surface area contributed by atoms with E-state index in [0.29, 0.717) is 6.04 Å². The zero-order chi connectivity index (χ0) is 17.1. The summed E-state index contributed by atoms with van der Waals surface area (Å²) in [5.41, 5.74) is 2.10. The lowest BCUT2D eigenvalue weighted by molar-refractivity contribution is -0.133. The maximum atomic E-state index is 13.0. The summed E-state index contributed by atoms with van der Waals surface area (Å²) in [6.45, 7) is 4.91. The second-order valence-electron chi connectivity index (χ2n) is 6.62. The molecule has 1 heterocycles. The molecule has 1 unspecified atom stereocenters.